The molecule has 0 radical (unpaired) electrons. The molecular weight excluding hydrogens is 216 g/mol. The summed E-state index contributed by atoms with van der Waals surface area (Å²) in [6, 6.07) is 0. The molecule has 0 aromatic heterocycles. The summed E-state index contributed by atoms with van der Waals surface area (Å²) >= 11 is -0.0926. The van der Waals surface area contributed by atoms with Crippen LogP contribution in [0.5, 0.6) is 0 Å². The van der Waals surface area contributed by atoms with Crippen molar-refractivity contribution in [3.63, 3.8) is 0 Å². The van der Waals surface area contributed by atoms with Gasteiger partial charge in [0.1, 0.15) is 0 Å². The van der Waals surface area contributed by atoms with Crippen molar-refractivity contribution in [2.24, 2.45) is 0 Å². The third-order valence-electron chi connectivity index (χ3n) is 3.71. The van der Waals surface area contributed by atoms with Crippen molar-refractivity contribution < 1.29 is 19.2 Å². The van der Waals surface area contributed by atoms with E-state index in [-0.39, 0.29) is 19.2 Å². The number of hydrogen-bond acceptors (Lipinski definition) is 0. The fourth-order valence-electron chi connectivity index (χ4n) is 2.20. The summed E-state index contributed by atoms with van der Waals surface area (Å²) in [5.41, 5.74) is 3.08. The van der Waals surface area contributed by atoms with Gasteiger partial charge in [0.15, 0.2) is 0 Å². The average Bonchev–Trinajstić information content (AvgIpc) is 2.61. The predicted molar refractivity (Wildman–Crippen MR) is 62.5 cm³/mol. The normalized spacial score (nSPS) is 38.1. The summed E-state index contributed by atoms with van der Waals surface area (Å²) in [5.74, 6) is 0. The van der Waals surface area contributed by atoms with E-state index in [0.717, 1.165) is 0 Å². The molecule has 2 atom stereocenters. The van der Waals surface area contributed by atoms with Crippen LogP contribution in [-0.4, -0.2) is 0 Å². The van der Waals surface area contributed by atoms with Crippen molar-refractivity contribution in [1.82, 2.24) is 0 Å². The first-order valence-corrected chi connectivity index (χ1v) is 7.05. The summed E-state index contributed by atoms with van der Waals surface area (Å²) in [5, 5.41) is 0. The fraction of sp³-hybridized carbons (Fsp3) is 0.429. The van der Waals surface area contributed by atoms with Gasteiger partial charge in [0.05, 0.1) is 0 Å². The Hall–Kier alpha value is -0.326. The zero-order valence-corrected chi connectivity index (χ0v) is 11.5. The first kappa shape index (κ1) is 11.2. The summed E-state index contributed by atoms with van der Waals surface area (Å²) in [6.45, 7) is 9.33. The summed E-state index contributed by atoms with van der Waals surface area (Å²) in [7, 11) is 0. The molecule has 2 aliphatic carbocycles. The van der Waals surface area contributed by atoms with Gasteiger partial charge in [0, 0.05) is 0 Å². The standard InChI is InChI=1S/2C7H9.Ti/c2*1-6-4-3-5-7(6)2;/h2*3-5H,1-2H3;. The van der Waals surface area contributed by atoms with Crippen molar-refractivity contribution in [3.05, 3.63) is 47.6 Å². The van der Waals surface area contributed by atoms with Gasteiger partial charge in [0.25, 0.3) is 0 Å². The molecule has 0 fully saturated rings. The Morgan fingerprint density at radius 2 is 1.27 bits per heavy atom. The first-order valence-electron chi connectivity index (χ1n) is 5.49. The van der Waals surface area contributed by atoms with E-state index < -0.39 is 0 Å². The molecule has 0 aromatic rings. The maximum absolute atomic E-state index is 2.40. The zero-order chi connectivity index (χ0) is 11.1. The molecule has 0 amide bonds. The van der Waals surface area contributed by atoms with Crippen LogP contribution in [0.2, 0.25) is 7.44 Å². The van der Waals surface area contributed by atoms with Crippen LogP contribution in [0.15, 0.2) is 47.6 Å². The van der Waals surface area contributed by atoms with Gasteiger partial charge in [-0.25, -0.2) is 0 Å². The van der Waals surface area contributed by atoms with Crippen molar-refractivity contribution in [3.8, 4) is 0 Å². The second-order valence-electron chi connectivity index (χ2n) is 4.95. The Kier molecular flexibility index (Phi) is 2.69. The van der Waals surface area contributed by atoms with E-state index >= 15 is 0 Å². The van der Waals surface area contributed by atoms with Crippen LogP contribution >= 0.6 is 0 Å². The Labute approximate surface area is 102 Å². The van der Waals surface area contributed by atoms with E-state index in [1.54, 1.807) is 0 Å². The molecule has 0 bridgehead atoms. The molecule has 2 aliphatic rings. The van der Waals surface area contributed by atoms with Gasteiger partial charge < -0.3 is 0 Å². The molecule has 0 aliphatic heterocycles. The van der Waals surface area contributed by atoms with Gasteiger partial charge in [-0.05, 0) is 0 Å². The molecule has 0 saturated heterocycles. The Morgan fingerprint density at radius 3 is 1.53 bits per heavy atom. The van der Waals surface area contributed by atoms with E-state index in [9.17, 15) is 0 Å². The van der Waals surface area contributed by atoms with Gasteiger partial charge in [-0.2, -0.15) is 0 Å². The van der Waals surface area contributed by atoms with Gasteiger partial charge in [-0.3, -0.25) is 0 Å². The Bertz CT molecular complexity index is 360. The molecule has 15 heavy (non-hydrogen) atoms. The molecule has 0 saturated carbocycles. The van der Waals surface area contributed by atoms with Crippen molar-refractivity contribution in [2.75, 3.05) is 0 Å². The minimum absolute atomic E-state index is 0.0926. The predicted octanol–water partition coefficient (Wildman–Crippen LogP) is 4.46. The number of allylic oxidation sites excluding steroid dienone is 8. The van der Waals surface area contributed by atoms with Gasteiger partial charge in [-0.15, -0.1) is 0 Å². The molecule has 0 nitrogen and oxygen atoms in total. The molecule has 0 spiro atoms. The molecular formula is C14H18Ti. The minimum atomic E-state index is -0.0926. The number of hydrogen-bond donors (Lipinski definition) is 0. The molecule has 0 heterocycles. The summed E-state index contributed by atoms with van der Waals surface area (Å²) in [6.07, 6.45) is 13.8. The van der Waals surface area contributed by atoms with Crippen LogP contribution in [0.25, 0.3) is 0 Å². The molecule has 0 N–H and O–H groups in total. The van der Waals surface area contributed by atoms with Crippen LogP contribution in [-0.2, 0) is 19.2 Å². The molecule has 0 aromatic carbocycles. The maximum atomic E-state index is 2.40. The zero-order valence-electron chi connectivity index (χ0n) is 9.96. The van der Waals surface area contributed by atoms with E-state index in [4.69, 9.17) is 0 Å². The summed E-state index contributed by atoms with van der Waals surface area (Å²) < 4.78 is 0.747. The van der Waals surface area contributed by atoms with Gasteiger partial charge in [-0.1, -0.05) is 0 Å². The topological polar surface area (TPSA) is 0 Å². The molecule has 2 unspecified atom stereocenters. The third kappa shape index (κ3) is 1.86. The van der Waals surface area contributed by atoms with Crippen molar-refractivity contribution in [2.45, 2.75) is 35.1 Å². The monoisotopic (exact) mass is 234 g/mol. The molecule has 78 valence electrons. The van der Waals surface area contributed by atoms with Crippen LogP contribution in [0, 0.1) is 0 Å². The SMILES string of the molecule is CC1=CC=C[C]1(C)[Ti][C]1(C)C=CC=C1C. The van der Waals surface area contributed by atoms with Crippen LogP contribution in [0.1, 0.15) is 27.7 Å². The molecule has 1 heteroatoms. The van der Waals surface area contributed by atoms with Crippen LogP contribution in [0.3, 0.4) is 0 Å². The quantitative estimate of drug-likeness (QED) is 0.619. The van der Waals surface area contributed by atoms with Crippen molar-refractivity contribution in [1.29, 1.82) is 0 Å². The fourth-order valence-corrected chi connectivity index (χ4v) is 5.32. The van der Waals surface area contributed by atoms with Crippen LogP contribution < -0.4 is 0 Å². The van der Waals surface area contributed by atoms with Gasteiger partial charge in [0.2, 0.25) is 0 Å². The average molecular weight is 234 g/mol. The Balaban J connectivity index is 2.23. The Morgan fingerprint density at radius 1 is 0.867 bits per heavy atom. The second-order valence-corrected chi connectivity index (χ2v) is 8.58. The second kappa shape index (κ2) is 3.61. The van der Waals surface area contributed by atoms with E-state index in [2.05, 4.69) is 64.2 Å². The van der Waals surface area contributed by atoms with E-state index in [0.29, 0.717) is 7.44 Å². The van der Waals surface area contributed by atoms with Crippen molar-refractivity contribution >= 4 is 0 Å². The van der Waals surface area contributed by atoms with E-state index in [1.807, 2.05) is 0 Å². The molecule has 2 rings (SSSR count). The van der Waals surface area contributed by atoms with Crippen LogP contribution in [0.4, 0.5) is 0 Å². The number of rotatable bonds is 2. The third-order valence-corrected chi connectivity index (χ3v) is 7.08. The van der Waals surface area contributed by atoms with E-state index in [1.165, 1.54) is 11.1 Å². The van der Waals surface area contributed by atoms with Gasteiger partial charge >= 0.3 is 102 Å². The summed E-state index contributed by atoms with van der Waals surface area (Å²) in [4.78, 5) is 0. The first-order chi connectivity index (χ1) is 6.96.